The number of aliphatic hydroxyl groups excluding tert-OH is 1. The summed E-state index contributed by atoms with van der Waals surface area (Å²) in [4.78, 5) is 12.7. The standard InChI is InChI=1S/C19H15F4NO3/c1-10-14-6-5-12(19(21,22)23)8-15(14)24(17(25)16(10)18(26)27)9-11-3-2-4-13(20)7-11/h2-8,17,25H,9H2,1H3,(H,26,27). The average molecular weight is 381 g/mol. The Kier molecular flexibility index (Phi) is 4.69. The number of rotatable bonds is 3. The maximum atomic E-state index is 13.5. The number of hydrogen-bond acceptors (Lipinski definition) is 3. The van der Waals surface area contributed by atoms with Crippen LogP contribution in [-0.2, 0) is 17.5 Å². The molecule has 1 aliphatic heterocycles. The van der Waals surface area contributed by atoms with Crippen LogP contribution in [0, 0.1) is 5.82 Å². The van der Waals surface area contributed by atoms with E-state index in [1.807, 2.05) is 0 Å². The molecule has 0 saturated carbocycles. The van der Waals surface area contributed by atoms with E-state index in [1.54, 1.807) is 0 Å². The normalized spacial score (nSPS) is 17.1. The maximum Gasteiger partial charge on any atom is 0.416 e. The number of carboxylic acid groups (broad SMARTS) is 1. The number of hydrogen-bond donors (Lipinski definition) is 2. The fourth-order valence-electron chi connectivity index (χ4n) is 3.16. The smallest absolute Gasteiger partial charge is 0.416 e. The minimum atomic E-state index is -4.60. The van der Waals surface area contributed by atoms with E-state index in [1.165, 1.54) is 37.3 Å². The Morgan fingerprint density at radius 2 is 1.89 bits per heavy atom. The van der Waals surface area contributed by atoms with Crippen molar-refractivity contribution in [1.29, 1.82) is 0 Å². The largest absolute Gasteiger partial charge is 0.478 e. The monoisotopic (exact) mass is 381 g/mol. The van der Waals surface area contributed by atoms with Crippen LogP contribution >= 0.6 is 0 Å². The maximum absolute atomic E-state index is 13.5. The third kappa shape index (κ3) is 3.52. The summed E-state index contributed by atoms with van der Waals surface area (Å²) in [5.41, 5.74) is -0.412. The summed E-state index contributed by atoms with van der Waals surface area (Å²) in [6, 6.07) is 8.24. The van der Waals surface area contributed by atoms with E-state index >= 15 is 0 Å². The van der Waals surface area contributed by atoms with Crippen molar-refractivity contribution >= 4 is 17.2 Å². The second-order valence-electron chi connectivity index (χ2n) is 6.21. The van der Waals surface area contributed by atoms with Crippen molar-refractivity contribution in [3.63, 3.8) is 0 Å². The minimum absolute atomic E-state index is 0.0316. The number of carboxylic acids is 1. The molecule has 1 heterocycles. The molecule has 1 aliphatic rings. The van der Waals surface area contributed by atoms with Gasteiger partial charge in [0.1, 0.15) is 5.82 Å². The molecule has 0 radical (unpaired) electrons. The first-order valence-electron chi connectivity index (χ1n) is 7.94. The van der Waals surface area contributed by atoms with Crippen LogP contribution in [0.5, 0.6) is 0 Å². The van der Waals surface area contributed by atoms with Crippen molar-refractivity contribution in [1.82, 2.24) is 0 Å². The molecule has 27 heavy (non-hydrogen) atoms. The van der Waals surface area contributed by atoms with E-state index in [2.05, 4.69) is 0 Å². The number of fused-ring (bicyclic) bond motifs is 1. The van der Waals surface area contributed by atoms with Gasteiger partial charge in [0.2, 0.25) is 0 Å². The van der Waals surface area contributed by atoms with Gasteiger partial charge in [0.05, 0.1) is 11.1 Å². The molecule has 142 valence electrons. The Balaban J connectivity index is 2.17. The van der Waals surface area contributed by atoms with Crippen molar-refractivity contribution in [2.75, 3.05) is 4.90 Å². The lowest BCUT2D eigenvalue weighted by atomic mass is 9.91. The van der Waals surface area contributed by atoms with Gasteiger partial charge in [0, 0.05) is 17.8 Å². The number of allylic oxidation sites excluding steroid dienone is 1. The van der Waals surface area contributed by atoms with Crippen molar-refractivity contribution in [3.8, 4) is 0 Å². The van der Waals surface area contributed by atoms with Crippen LogP contribution < -0.4 is 4.90 Å². The zero-order valence-corrected chi connectivity index (χ0v) is 14.1. The molecule has 0 amide bonds. The number of benzene rings is 2. The van der Waals surface area contributed by atoms with Crippen LogP contribution in [0.3, 0.4) is 0 Å². The molecule has 0 spiro atoms. The van der Waals surface area contributed by atoms with Gasteiger partial charge in [0.15, 0.2) is 6.23 Å². The zero-order valence-electron chi connectivity index (χ0n) is 14.1. The van der Waals surface area contributed by atoms with Gasteiger partial charge in [-0.2, -0.15) is 13.2 Å². The Labute approximate surface area is 152 Å². The van der Waals surface area contributed by atoms with Crippen molar-refractivity contribution in [2.24, 2.45) is 0 Å². The van der Waals surface area contributed by atoms with Gasteiger partial charge < -0.3 is 15.1 Å². The Morgan fingerprint density at radius 1 is 1.19 bits per heavy atom. The second kappa shape index (κ2) is 6.70. The van der Waals surface area contributed by atoms with Crippen LogP contribution in [0.4, 0.5) is 23.2 Å². The summed E-state index contributed by atoms with van der Waals surface area (Å²) in [5.74, 6) is -1.93. The third-order valence-electron chi connectivity index (χ3n) is 4.47. The lowest BCUT2D eigenvalue weighted by Gasteiger charge is -2.37. The summed E-state index contributed by atoms with van der Waals surface area (Å²) in [6.45, 7) is 1.26. The van der Waals surface area contributed by atoms with Crippen molar-refractivity contribution < 1.29 is 32.6 Å². The molecule has 8 heteroatoms. The number of anilines is 1. The topological polar surface area (TPSA) is 60.8 Å². The van der Waals surface area contributed by atoms with Crippen LogP contribution in [0.25, 0.3) is 5.57 Å². The first-order chi connectivity index (χ1) is 12.6. The fraction of sp³-hybridized carbons (Fsp3) is 0.211. The van der Waals surface area contributed by atoms with E-state index in [0.717, 1.165) is 17.0 Å². The molecular formula is C19H15F4NO3. The van der Waals surface area contributed by atoms with Crippen molar-refractivity contribution in [3.05, 3.63) is 70.5 Å². The second-order valence-corrected chi connectivity index (χ2v) is 6.21. The number of nitrogens with zero attached hydrogens (tertiary/aromatic N) is 1. The molecule has 0 fully saturated rings. The molecule has 1 unspecified atom stereocenters. The fourth-order valence-corrected chi connectivity index (χ4v) is 3.16. The molecular weight excluding hydrogens is 366 g/mol. The van der Waals surface area contributed by atoms with Gasteiger partial charge in [-0.3, -0.25) is 0 Å². The van der Waals surface area contributed by atoms with Crippen LogP contribution in [0.2, 0.25) is 0 Å². The summed E-state index contributed by atoms with van der Waals surface area (Å²) in [7, 11) is 0. The summed E-state index contributed by atoms with van der Waals surface area (Å²) < 4.78 is 52.9. The van der Waals surface area contributed by atoms with Gasteiger partial charge >= 0.3 is 12.1 Å². The summed E-state index contributed by atoms with van der Waals surface area (Å²) in [6.07, 6.45) is -6.28. The summed E-state index contributed by atoms with van der Waals surface area (Å²) in [5, 5.41) is 20.0. The number of aliphatic hydroxyl groups is 1. The van der Waals surface area contributed by atoms with E-state index in [4.69, 9.17) is 0 Å². The van der Waals surface area contributed by atoms with Crippen LogP contribution in [-0.4, -0.2) is 22.4 Å². The average Bonchev–Trinajstić information content (AvgIpc) is 2.57. The highest BCUT2D eigenvalue weighted by Gasteiger charge is 2.37. The quantitative estimate of drug-likeness (QED) is 0.788. The zero-order chi connectivity index (χ0) is 19.9. The molecule has 2 aromatic rings. The Hall–Kier alpha value is -2.87. The van der Waals surface area contributed by atoms with Crippen LogP contribution in [0.15, 0.2) is 48.0 Å². The van der Waals surface area contributed by atoms with Gasteiger partial charge in [-0.1, -0.05) is 18.2 Å². The molecule has 0 aliphatic carbocycles. The SMILES string of the molecule is CC1=C(C(=O)O)C(O)N(Cc2cccc(F)c2)c2cc(C(F)(F)F)ccc21. The third-order valence-corrected chi connectivity index (χ3v) is 4.47. The molecule has 0 bridgehead atoms. The lowest BCUT2D eigenvalue weighted by molar-refractivity contribution is -0.137. The van der Waals surface area contributed by atoms with Gasteiger partial charge in [-0.05, 0) is 42.3 Å². The molecule has 2 aromatic carbocycles. The molecule has 0 aromatic heterocycles. The molecule has 0 saturated heterocycles. The lowest BCUT2D eigenvalue weighted by Crippen LogP contribution is -2.42. The number of aliphatic carboxylic acids is 1. The minimum Gasteiger partial charge on any atom is -0.478 e. The number of halogens is 4. The Bertz CT molecular complexity index is 937. The molecule has 3 rings (SSSR count). The molecule has 4 nitrogen and oxygen atoms in total. The Morgan fingerprint density at radius 3 is 2.48 bits per heavy atom. The predicted octanol–water partition coefficient (Wildman–Crippen LogP) is 4.04. The predicted molar refractivity (Wildman–Crippen MR) is 90.3 cm³/mol. The highest BCUT2D eigenvalue weighted by molar-refractivity contribution is 6.01. The first kappa shape index (κ1) is 18.9. The van der Waals surface area contributed by atoms with Crippen LogP contribution in [0.1, 0.15) is 23.6 Å². The van der Waals surface area contributed by atoms with E-state index < -0.39 is 29.8 Å². The van der Waals surface area contributed by atoms with Crippen molar-refractivity contribution in [2.45, 2.75) is 25.9 Å². The highest BCUT2D eigenvalue weighted by Crippen LogP contribution is 2.41. The molecule has 2 N–H and O–H groups in total. The summed E-state index contributed by atoms with van der Waals surface area (Å²) >= 11 is 0. The first-order valence-corrected chi connectivity index (χ1v) is 7.94. The number of carbonyl (C=O) groups is 1. The highest BCUT2D eigenvalue weighted by atomic mass is 19.4. The molecule has 1 atom stereocenters. The number of alkyl halides is 3. The van der Waals surface area contributed by atoms with Gasteiger partial charge in [0.25, 0.3) is 0 Å². The van der Waals surface area contributed by atoms with Gasteiger partial charge in [-0.15, -0.1) is 0 Å². The van der Waals surface area contributed by atoms with E-state index in [0.29, 0.717) is 5.56 Å². The van der Waals surface area contributed by atoms with E-state index in [-0.39, 0.29) is 28.9 Å². The van der Waals surface area contributed by atoms with Gasteiger partial charge in [-0.25, -0.2) is 9.18 Å². The van der Waals surface area contributed by atoms with E-state index in [9.17, 15) is 32.6 Å².